The van der Waals surface area contributed by atoms with Crippen molar-refractivity contribution in [3.63, 3.8) is 0 Å². The standard InChI is InChI=1S/C40H41BrO4/c1-20-11-29(12-21(2)37(20)42)35(30-13-22(3)38(43)23(4)14-30)28-9-10-33(34(41)19-28)36(31-15-24(5)39(44)25(6)16-31)32-17-26(7)40(45)27(8)18-32/h9-19,35-36,42-45H,1-8H3. The van der Waals surface area contributed by atoms with E-state index in [0.29, 0.717) is 23.0 Å². The predicted octanol–water partition coefficient (Wildman–Crippen LogP) is 10.1. The minimum absolute atomic E-state index is 0.152. The first kappa shape index (κ1) is 32.2. The molecule has 0 radical (unpaired) electrons. The van der Waals surface area contributed by atoms with Crippen LogP contribution >= 0.6 is 15.9 Å². The zero-order chi connectivity index (χ0) is 32.9. The van der Waals surface area contributed by atoms with Gasteiger partial charge in [-0.05, 0) is 139 Å². The Labute approximate surface area is 274 Å². The number of rotatable bonds is 6. The molecule has 0 aromatic heterocycles. The van der Waals surface area contributed by atoms with Crippen molar-refractivity contribution in [1.29, 1.82) is 0 Å². The smallest absolute Gasteiger partial charge is 0.121 e. The summed E-state index contributed by atoms with van der Waals surface area (Å²) in [5.41, 5.74) is 12.8. The van der Waals surface area contributed by atoms with Crippen LogP contribution < -0.4 is 0 Å². The van der Waals surface area contributed by atoms with Gasteiger partial charge in [0.25, 0.3) is 0 Å². The van der Waals surface area contributed by atoms with Gasteiger partial charge in [0.2, 0.25) is 0 Å². The molecule has 232 valence electrons. The van der Waals surface area contributed by atoms with Gasteiger partial charge in [-0.1, -0.05) is 76.6 Å². The third-order valence-electron chi connectivity index (χ3n) is 9.06. The van der Waals surface area contributed by atoms with Crippen LogP contribution in [0, 0.1) is 55.4 Å². The molecule has 0 amide bonds. The predicted molar refractivity (Wildman–Crippen MR) is 186 cm³/mol. The Morgan fingerprint density at radius 1 is 0.378 bits per heavy atom. The normalized spacial score (nSPS) is 11.5. The van der Waals surface area contributed by atoms with Crippen LogP contribution in [0.25, 0.3) is 0 Å². The van der Waals surface area contributed by atoms with Crippen molar-refractivity contribution < 1.29 is 20.4 Å². The van der Waals surface area contributed by atoms with Crippen LogP contribution in [-0.2, 0) is 0 Å². The zero-order valence-electron chi connectivity index (χ0n) is 27.2. The second kappa shape index (κ2) is 12.3. The Morgan fingerprint density at radius 2 is 0.644 bits per heavy atom. The van der Waals surface area contributed by atoms with Crippen molar-refractivity contribution in [2.24, 2.45) is 0 Å². The van der Waals surface area contributed by atoms with Crippen molar-refractivity contribution in [1.82, 2.24) is 0 Å². The molecule has 0 bridgehead atoms. The summed E-state index contributed by atoms with van der Waals surface area (Å²) in [5.74, 6) is 0.877. The summed E-state index contributed by atoms with van der Waals surface area (Å²) in [5, 5.41) is 42.3. The number of phenolic OH excluding ortho intramolecular Hbond substituents is 4. The molecule has 5 aromatic carbocycles. The van der Waals surface area contributed by atoms with Gasteiger partial charge in [-0.25, -0.2) is 0 Å². The topological polar surface area (TPSA) is 80.9 Å². The maximum absolute atomic E-state index is 10.6. The van der Waals surface area contributed by atoms with Gasteiger partial charge < -0.3 is 20.4 Å². The Morgan fingerprint density at radius 3 is 0.911 bits per heavy atom. The van der Waals surface area contributed by atoms with Gasteiger partial charge in [0.1, 0.15) is 23.0 Å². The molecular formula is C40H41BrO4. The Balaban J connectivity index is 1.74. The lowest BCUT2D eigenvalue weighted by molar-refractivity contribution is 0.465. The highest BCUT2D eigenvalue weighted by molar-refractivity contribution is 9.10. The zero-order valence-corrected chi connectivity index (χ0v) is 28.8. The number of aromatic hydroxyl groups is 4. The molecular weight excluding hydrogens is 624 g/mol. The third kappa shape index (κ3) is 6.06. The molecule has 0 saturated carbocycles. The number of halogens is 1. The van der Waals surface area contributed by atoms with Gasteiger partial charge in [-0.15, -0.1) is 0 Å². The van der Waals surface area contributed by atoms with Crippen LogP contribution in [0.1, 0.15) is 89.7 Å². The van der Waals surface area contributed by atoms with E-state index >= 15 is 0 Å². The van der Waals surface area contributed by atoms with Crippen LogP contribution in [0.3, 0.4) is 0 Å². The number of hydrogen-bond donors (Lipinski definition) is 4. The van der Waals surface area contributed by atoms with Crippen LogP contribution in [0.2, 0.25) is 0 Å². The number of aryl methyl sites for hydroxylation is 8. The molecule has 4 N–H and O–H groups in total. The number of benzene rings is 5. The van der Waals surface area contributed by atoms with Crippen molar-refractivity contribution in [2.75, 3.05) is 0 Å². The molecule has 5 aromatic rings. The monoisotopic (exact) mass is 664 g/mol. The Kier molecular flexibility index (Phi) is 8.79. The molecule has 0 heterocycles. The molecule has 4 nitrogen and oxygen atoms in total. The third-order valence-corrected chi connectivity index (χ3v) is 9.74. The molecule has 5 heteroatoms. The molecule has 45 heavy (non-hydrogen) atoms. The summed E-state index contributed by atoms with van der Waals surface area (Å²) in [4.78, 5) is 0. The van der Waals surface area contributed by atoms with Gasteiger partial charge in [-0.3, -0.25) is 0 Å². The summed E-state index contributed by atoms with van der Waals surface area (Å²) in [6.07, 6.45) is 0. The highest BCUT2D eigenvalue weighted by Crippen LogP contribution is 2.44. The Hall–Kier alpha value is -4.22. The van der Waals surface area contributed by atoms with Crippen molar-refractivity contribution in [3.05, 3.63) is 149 Å². The highest BCUT2D eigenvalue weighted by Gasteiger charge is 2.26. The second-order valence-electron chi connectivity index (χ2n) is 12.7. The maximum atomic E-state index is 10.6. The molecule has 0 saturated heterocycles. The van der Waals surface area contributed by atoms with Crippen LogP contribution in [-0.4, -0.2) is 20.4 Å². The largest absolute Gasteiger partial charge is 0.507 e. The minimum atomic E-state index is -0.167. The lowest BCUT2D eigenvalue weighted by Gasteiger charge is -2.26. The average Bonchev–Trinajstić information content (AvgIpc) is 2.97. The highest BCUT2D eigenvalue weighted by atomic mass is 79.9. The number of phenols is 4. The molecule has 0 aliphatic rings. The first-order chi connectivity index (χ1) is 21.2. The summed E-state index contributed by atoms with van der Waals surface area (Å²) >= 11 is 3.96. The van der Waals surface area contributed by atoms with E-state index < -0.39 is 0 Å². The molecule has 0 spiro atoms. The fraction of sp³-hybridized carbons (Fsp3) is 0.250. The van der Waals surface area contributed by atoms with E-state index in [-0.39, 0.29) is 11.8 Å². The summed E-state index contributed by atoms with van der Waals surface area (Å²) < 4.78 is 0.932. The lowest BCUT2D eigenvalue weighted by atomic mass is 9.79. The van der Waals surface area contributed by atoms with Crippen molar-refractivity contribution in [3.8, 4) is 23.0 Å². The first-order valence-corrected chi connectivity index (χ1v) is 16.0. The van der Waals surface area contributed by atoms with Crippen LogP contribution in [0.4, 0.5) is 0 Å². The summed E-state index contributed by atoms with van der Waals surface area (Å²) in [6.45, 7) is 15.4. The van der Waals surface area contributed by atoms with E-state index in [1.165, 1.54) is 0 Å². The van der Waals surface area contributed by atoms with Crippen LogP contribution in [0.5, 0.6) is 23.0 Å². The van der Waals surface area contributed by atoms with Gasteiger partial charge in [0.05, 0.1) is 0 Å². The fourth-order valence-electron chi connectivity index (χ4n) is 6.71. The van der Waals surface area contributed by atoms with Gasteiger partial charge >= 0.3 is 0 Å². The van der Waals surface area contributed by atoms with E-state index in [2.05, 4.69) is 34.1 Å². The van der Waals surface area contributed by atoms with E-state index in [4.69, 9.17) is 0 Å². The quantitative estimate of drug-likeness (QED) is 0.136. The van der Waals surface area contributed by atoms with Gasteiger partial charge in [-0.2, -0.15) is 0 Å². The molecule has 0 atom stereocenters. The van der Waals surface area contributed by atoms with Crippen molar-refractivity contribution in [2.45, 2.75) is 67.2 Å². The van der Waals surface area contributed by atoms with E-state index in [0.717, 1.165) is 82.4 Å². The van der Waals surface area contributed by atoms with E-state index in [9.17, 15) is 20.4 Å². The molecule has 0 aliphatic heterocycles. The van der Waals surface area contributed by atoms with Crippen molar-refractivity contribution >= 4 is 15.9 Å². The van der Waals surface area contributed by atoms with E-state index in [1.54, 1.807) is 0 Å². The molecule has 5 rings (SSSR count). The summed E-state index contributed by atoms with van der Waals surface area (Å²) in [7, 11) is 0. The first-order valence-electron chi connectivity index (χ1n) is 15.2. The average molecular weight is 666 g/mol. The Bertz CT molecular complexity index is 1750. The van der Waals surface area contributed by atoms with Crippen LogP contribution in [0.15, 0.2) is 71.2 Å². The molecule has 0 aliphatic carbocycles. The fourth-order valence-corrected chi connectivity index (χ4v) is 7.34. The second-order valence-corrected chi connectivity index (χ2v) is 13.5. The van der Waals surface area contributed by atoms with Gasteiger partial charge in [0, 0.05) is 16.3 Å². The van der Waals surface area contributed by atoms with Gasteiger partial charge in [0.15, 0.2) is 0 Å². The number of hydrogen-bond acceptors (Lipinski definition) is 4. The summed E-state index contributed by atoms with van der Waals surface area (Å²) in [6, 6.07) is 22.8. The minimum Gasteiger partial charge on any atom is -0.507 e. The lowest BCUT2D eigenvalue weighted by Crippen LogP contribution is -2.09. The maximum Gasteiger partial charge on any atom is 0.121 e. The molecule has 0 fully saturated rings. The van der Waals surface area contributed by atoms with E-state index in [1.807, 2.05) is 104 Å². The molecule has 0 unspecified atom stereocenters. The SMILES string of the molecule is Cc1cc(C(c2cc(C)c(O)c(C)c2)c2ccc(C(c3cc(C)c(O)c(C)c3)c3cc(C)c(O)c(C)c3)c(Br)c2)cc(C)c1O.